The van der Waals surface area contributed by atoms with Gasteiger partial charge in [0.15, 0.2) is 4.96 Å². The van der Waals surface area contributed by atoms with Crippen LogP contribution in [0, 0.1) is 27.7 Å². The van der Waals surface area contributed by atoms with Gasteiger partial charge in [0.05, 0.1) is 23.4 Å². The van der Waals surface area contributed by atoms with Crippen molar-refractivity contribution in [2.24, 2.45) is 0 Å². The standard InChI is InChI=1S/C31H33N5O2S/c1-19-10-9-13-27(22(19)4)36-21(3)16-26(34-36)29-23(5)33-31-35(30(29)38)25(18-39-31)17-28(37)32-20(2)14-15-24-11-7-6-8-12-24/h6-13,16,18,20H,14-15,17H2,1-5H3,(H,32,37)/t20-/m0/s1. The van der Waals surface area contributed by atoms with Gasteiger partial charge in [-0.2, -0.15) is 5.10 Å². The maximum atomic E-state index is 13.8. The van der Waals surface area contributed by atoms with E-state index in [2.05, 4.69) is 37.4 Å². The van der Waals surface area contributed by atoms with Crippen LogP contribution in [0.2, 0.25) is 0 Å². The van der Waals surface area contributed by atoms with E-state index in [-0.39, 0.29) is 23.9 Å². The second-order valence-electron chi connectivity index (χ2n) is 10.2. The average Bonchev–Trinajstić information content (AvgIpc) is 3.48. The molecule has 0 aliphatic carbocycles. The second-order valence-corrected chi connectivity index (χ2v) is 11.0. The first-order valence-corrected chi connectivity index (χ1v) is 14.1. The van der Waals surface area contributed by atoms with Crippen LogP contribution in [0.15, 0.2) is 64.8 Å². The third-order valence-electron chi connectivity index (χ3n) is 7.23. The molecule has 1 atom stereocenters. The zero-order valence-corrected chi connectivity index (χ0v) is 23.8. The molecule has 0 saturated heterocycles. The number of hydrogen-bond donors (Lipinski definition) is 1. The molecule has 0 radical (unpaired) electrons. The minimum Gasteiger partial charge on any atom is -0.353 e. The van der Waals surface area contributed by atoms with Gasteiger partial charge in [-0.05, 0) is 76.3 Å². The quantitative estimate of drug-likeness (QED) is 0.281. The Morgan fingerprint density at radius 2 is 1.82 bits per heavy atom. The highest BCUT2D eigenvalue weighted by atomic mass is 32.1. The van der Waals surface area contributed by atoms with Crippen molar-refractivity contribution >= 4 is 22.2 Å². The molecule has 0 fully saturated rings. The van der Waals surface area contributed by atoms with Gasteiger partial charge >= 0.3 is 0 Å². The summed E-state index contributed by atoms with van der Waals surface area (Å²) in [4.78, 5) is 32.0. The lowest BCUT2D eigenvalue weighted by Gasteiger charge is -2.14. The molecular formula is C31H33N5O2S. The fourth-order valence-electron chi connectivity index (χ4n) is 4.92. The van der Waals surface area contributed by atoms with Crippen LogP contribution < -0.4 is 10.9 Å². The van der Waals surface area contributed by atoms with E-state index >= 15 is 0 Å². The lowest BCUT2D eigenvalue weighted by Crippen LogP contribution is -2.34. The molecule has 8 heteroatoms. The number of rotatable bonds is 8. The number of nitrogens with zero attached hydrogens (tertiary/aromatic N) is 4. The summed E-state index contributed by atoms with van der Waals surface area (Å²) in [6, 6.07) is 18.3. The molecule has 0 aliphatic rings. The van der Waals surface area contributed by atoms with Gasteiger partial charge in [0, 0.05) is 22.8 Å². The molecule has 0 aliphatic heterocycles. The number of nitrogens with one attached hydrogen (secondary N) is 1. The molecule has 0 saturated carbocycles. The Hall–Kier alpha value is -4.04. The third kappa shape index (κ3) is 5.43. The average molecular weight is 540 g/mol. The van der Waals surface area contributed by atoms with Crippen molar-refractivity contribution in [3.8, 4) is 16.9 Å². The molecule has 3 heterocycles. The lowest BCUT2D eigenvalue weighted by atomic mass is 10.1. The van der Waals surface area contributed by atoms with Crippen molar-refractivity contribution in [2.45, 2.75) is 59.9 Å². The highest BCUT2D eigenvalue weighted by molar-refractivity contribution is 7.15. The fourth-order valence-corrected chi connectivity index (χ4v) is 5.85. The highest BCUT2D eigenvalue weighted by Crippen LogP contribution is 2.25. The Labute approximate surface area is 232 Å². The number of aryl methyl sites for hydroxylation is 4. The molecule has 7 nitrogen and oxygen atoms in total. The summed E-state index contributed by atoms with van der Waals surface area (Å²) >= 11 is 1.37. The summed E-state index contributed by atoms with van der Waals surface area (Å²) < 4.78 is 3.44. The first kappa shape index (κ1) is 26.6. The van der Waals surface area contributed by atoms with E-state index in [0.717, 1.165) is 29.8 Å². The van der Waals surface area contributed by atoms with E-state index in [1.165, 1.54) is 22.5 Å². The second kappa shape index (κ2) is 11.0. The first-order chi connectivity index (χ1) is 18.7. The van der Waals surface area contributed by atoms with E-state index in [0.29, 0.717) is 27.6 Å². The molecule has 200 valence electrons. The van der Waals surface area contributed by atoms with Gasteiger partial charge in [-0.1, -0.05) is 42.5 Å². The molecule has 1 N–H and O–H groups in total. The number of carbonyl (C=O) groups excluding carboxylic acids is 1. The van der Waals surface area contributed by atoms with Crippen LogP contribution in [-0.2, 0) is 17.6 Å². The number of fused-ring (bicyclic) bond motifs is 1. The van der Waals surface area contributed by atoms with Gasteiger partial charge in [0.1, 0.15) is 5.69 Å². The van der Waals surface area contributed by atoms with Crippen LogP contribution in [0.4, 0.5) is 0 Å². The normalized spacial score (nSPS) is 12.1. The molecule has 39 heavy (non-hydrogen) atoms. The van der Waals surface area contributed by atoms with Gasteiger partial charge in [-0.3, -0.25) is 14.0 Å². The zero-order valence-electron chi connectivity index (χ0n) is 23.0. The Morgan fingerprint density at radius 1 is 1.05 bits per heavy atom. The van der Waals surface area contributed by atoms with Crippen molar-refractivity contribution < 1.29 is 4.79 Å². The van der Waals surface area contributed by atoms with Gasteiger partial charge in [0.25, 0.3) is 5.56 Å². The van der Waals surface area contributed by atoms with Crippen LogP contribution in [0.25, 0.3) is 21.9 Å². The monoisotopic (exact) mass is 539 g/mol. The van der Waals surface area contributed by atoms with Gasteiger partial charge in [-0.15, -0.1) is 11.3 Å². The Balaban J connectivity index is 1.40. The largest absolute Gasteiger partial charge is 0.353 e. The first-order valence-electron chi connectivity index (χ1n) is 13.2. The summed E-state index contributed by atoms with van der Waals surface area (Å²) in [6.07, 6.45) is 1.84. The Kier molecular flexibility index (Phi) is 7.48. The van der Waals surface area contributed by atoms with Crippen molar-refractivity contribution in [3.63, 3.8) is 0 Å². The molecule has 5 rings (SSSR count). The molecule has 1 amide bonds. The number of benzene rings is 2. The Morgan fingerprint density at radius 3 is 2.59 bits per heavy atom. The van der Waals surface area contributed by atoms with E-state index in [1.54, 1.807) is 4.40 Å². The van der Waals surface area contributed by atoms with Gasteiger partial charge in [-0.25, -0.2) is 9.67 Å². The third-order valence-corrected chi connectivity index (χ3v) is 8.10. The molecular weight excluding hydrogens is 506 g/mol. The number of carbonyl (C=O) groups is 1. The number of amides is 1. The van der Waals surface area contributed by atoms with Crippen LogP contribution >= 0.6 is 11.3 Å². The van der Waals surface area contributed by atoms with Crippen molar-refractivity contribution in [3.05, 3.63) is 104 Å². The molecule has 5 aromatic rings. The maximum Gasteiger partial charge on any atom is 0.268 e. The summed E-state index contributed by atoms with van der Waals surface area (Å²) in [6.45, 7) is 9.98. The van der Waals surface area contributed by atoms with Crippen LogP contribution in [0.1, 0.15) is 47.1 Å². The molecule has 2 aromatic carbocycles. The Bertz CT molecular complexity index is 1710. The van der Waals surface area contributed by atoms with Gasteiger partial charge < -0.3 is 5.32 Å². The minimum atomic E-state index is -0.204. The fraction of sp³-hybridized carbons (Fsp3) is 0.290. The minimum absolute atomic E-state index is 0.0206. The highest BCUT2D eigenvalue weighted by Gasteiger charge is 2.21. The van der Waals surface area contributed by atoms with Crippen LogP contribution in [0.5, 0.6) is 0 Å². The number of aromatic nitrogens is 4. The summed E-state index contributed by atoms with van der Waals surface area (Å²) in [7, 11) is 0. The summed E-state index contributed by atoms with van der Waals surface area (Å²) in [5.41, 5.74) is 7.56. The molecule has 0 spiro atoms. The number of thiazole rings is 1. The molecule has 0 unspecified atom stereocenters. The lowest BCUT2D eigenvalue weighted by molar-refractivity contribution is -0.121. The molecule has 0 bridgehead atoms. The van der Waals surface area contributed by atoms with E-state index in [1.807, 2.05) is 67.2 Å². The van der Waals surface area contributed by atoms with E-state index in [4.69, 9.17) is 10.1 Å². The SMILES string of the molecule is Cc1cccc(-n2nc(-c3c(C)nc4scc(CC(=O)N[C@@H](C)CCc5ccccc5)n4c3=O)cc2C)c1C. The zero-order chi connectivity index (χ0) is 27.7. The van der Waals surface area contributed by atoms with Crippen molar-refractivity contribution in [1.29, 1.82) is 0 Å². The predicted molar refractivity (Wildman–Crippen MR) is 157 cm³/mol. The topological polar surface area (TPSA) is 81.3 Å². The van der Waals surface area contributed by atoms with E-state index in [9.17, 15) is 9.59 Å². The molecule has 3 aromatic heterocycles. The van der Waals surface area contributed by atoms with Crippen molar-refractivity contribution in [1.82, 2.24) is 24.5 Å². The van der Waals surface area contributed by atoms with Crippen LogP contribution in [-0.4, -0.2) is 31.1 Å². The summed E-state index contributed by atoms with van der Waals surface area (Å²) in [5.74, 6) is -0.112. The van der Waals surface area contributed by atoms with Crippen molar-refractivity contribution in [2.75, 3.05) is 0 Å². The number of hydrogen-bond acceptors (Lipinski definition) is 5. The van der Waals surface area contributed by atoms with Crippen LogP contribution in [0.3, 0.4) is 0 Å². The maximum absolute atomic E-state index is 13.8. The summed E-state index contributed by atoms with van der Waals surface area (Å²) in [5, 5.41) is 9.76. The smallest absolute Gasteiger partial charge is 0.268 e. The predicted octanol–water partition coefficient (Wildman–Crippen LogP) is 5.52. The van der Waals surface area contributed by atoms with Gasteiger partial charge in [0.2, 0.25) is 5.91 Å². The van der Waals surface area contributed by atoms with E-state index < -0.39 is 0 Å².